The Balaban J connectivity index is 2.15. The van der Waals surface area contributed by atoms with Crippen molar-refractivity contribution >= 4 is 11.0 Å². The fraction of sp³-hybridized carbons (Fsp3) is 0.364. The maximum Gasteiger partial charge on any atom is 0.112 e. The lowest BCUT2D eigenvalue weighted by Crippen LogP contribution is -2.40. The monoisotopic (exact) mass is 187 g/mol. The van der Waals surface area contributed by atoms with Crippen molar-refractivity contribution in [1.29, 1.82) is 0 Å². The fourth-order valence-corrected chi connectivity index (χ4v) is 1.87. The molecule has 14 heavy (non-hydrogen) atoms. The molecular formula is C11H13N3. The van der Waals surface area contributed by atoms with Crippen LogP contribution >= 0.6 is 0 Å². The van der Waals surface area contributed by atoms with Crippen molar-refractivity contribution in [2.24, 2.45) is 0 Å². The zero-order valence-corrected chi connectivity index (χ0v) is 8.17. The quantitative estimate of drug-likeness (QED) is 0.711. The van der Waals surface area contributed by atoms with Crippen LogP contribution in [0.1, 0.15) is 17.3 Å². The minimum atomic E-state index is 0.585. The van der Waals surface area contributed by atoms with Crippen molar-refractivity contribution in [2.75, 3.05) is 13.1 Å². The van der Waals surface area contributed by atoms with Crippen LogP contribution in [0.3, 0.4) is 0 Å². The molecule has 1 aromatic heterocycles. The molecule has 3 heteroatoms. The summed E-state index contributed by atoms with van der Waals surface area (Å²) in [6.45, 7) is 4.21. The first-order chi connectivity index (χ1) is 6.84. The van der Waals surface area contributed by atoms with E-state index in [0.29, 0.717) is 5.92 Å². The number of aromatic nitrogens is 2. The number of nitrogens with zero attached hydrogens (tertiary/aromatic N) is 1. The van der Waals surface area contributed by atoms with E-state index in [0.717, 1.165) is 29.9 Å². The average molecular weight is 187 g/mol. The third kappa shape index (κ3) is 1.06. The lowest BCUT2D eigenvalue weighted by Gasteiger charge is -2.24. The van der Waals surface area contributed by atoms with Gasteiger partial charge in [0.1, 0.15) is 5.82 Å². The van der Waals surface area contributed by atoms with Crippen molar-refractivity contribution in [1.82, 2.24) is 15.3 Å². The number of rotatable bonds is 1. The molecular weight excluding hydrogens is 174 g/mol. The summed E-state index contributed by atoms with van der Waals surface area (Å²) in [5, 5.41) is 3.26. The van der Waals surface area contributed by atoms with E-state index in [9.17, 15) is 0 Å². The van der Waals surface area contributed by atoms with E-state index in [4.69, 9.17) is 0 Å². The Labute approximate surface area is 82.5 Å². The van der Waals surface area contributed by atoms with Crippen LogP contribution in [0.15, 0.2) is 18.2 Å². The second-order valence-electron chi connectivity index (χ2n) is 3.95. The van der Waals surface area contributed by atoms with Crippen LogP contribution in [0, 0.1) is 6.92 Å². The van der Waals surface area contributed by atoms with Gasteiger partial charge < -0.3 is 10.3 Å². The summed E-state index contributed by atoms with van der Waals surface area (Å²) < 4.78 is 0. The van der Waals surface area contributed by atoms with Gasteiger partial charge in [-0.05, 0) is 18.6 Å². The summed E-state index contributed by atoms with van der Waals surface area (Å²) in [7, 11) is 0. The Morgan fingerprint density at radius 3 is 2.86 bits per heavy atom. The van der Waals surface area contributed by atoms with Gasteiger partial charge in [0.15, 0.2) is 0 Å². The van der Waals surface area contributed by atoms with Crippen molar-refractivity contribution in [3.8, 4) is 0 Å². The second kappa shape index (κ2) is 2.82. The Morgan fingerprint density at radius 2 is 2.21 bits per heavy atom. The van der Waals surface area contributed by atoms with Gasteiger partial charge in [0.25, 0.3) is 0 Å². The first-order valence-electron chi connectivity index (χ1n) is 5.00. The molecule has 0 spiro atoms. The van der Waals surface area contributed by atoms with Crippen molar-refractivity contribution < 1.29 is 0 Å². The van der Waals surface area contributed by atoms with Crippen LogP contribution in [-0.2, 0) is 0 Å². The molecule has 0 atom stereocenters. The number of aryl methyl sites for hydroxylation is 1. The molecule has 3 nitrogen and oxygen atoms in total. The minimum Gasteiger partial charge on any atom is -0.342 e. The van der Waals surface area contributed by atoms with E-state index < -0.39 is 0 Å². The van der Waals surface area contributed by atoms with Gasteiger partial charge >= 0.3 is 0 Å². The van der Waals surface area contributed by atoms with E-state index in [1.54, 1.807) is 0 Å². The zero-order valence-electron chi connectivity index (χ0n) is 8.17. The number of aromatic amines is 1. The van der Waals surface area contributed by atoms with Crippen LogP contribution in [0.25, 0.3) is 11.0 Å². The van der Waals surface area contributed by atoms with Gasteiger partial charge in [0.05, 0.1) is 11.0 Å². The summed E-state index contributed by atoms with van der Waals surface area (Å²) in [4.78, 5) is 8.03. The van der Waals surface area contributed by atoms with Gasteiger partial charge in [0, 0.05) is 19.0 Å². The van der Waals surface area contributed by atoms with Gasteiger partial charge in [-0.3, -0.25) is 0 Å². The topological polar surface area (TPSA) is 40.7 Å². The highest BCUT2D eigenvalue weighted by Crippen LogP contribution is 2.22. The summed E-state index contributed by atoms with van der Waals surface area (Å²) in [6, 6.07) is 6.26. The normalized spacial score (nSPS) is 17.2. The standard InChI is InChI=1S/C11H13N3/c1-7-3-2-4-9-10(7)14-11(13-9)8-5-12-6-8/h2-4,8,12H,5-6H2,1H3,(H,13,14). The highest BCUT2D eigenvalue weighted by Gasteiger charge is 2.22. The molecule has 2 N–H and O–H groups in total. The van der Waals surface area contributed by atoms with Crippen LogP contribution in [0.5, 0.6) is 0 Å². The molecule has 3 rings (SSSR count). The van der Waals surface area contributed by atoms with Crippen LogP contribution in [-0.4, -0.2) is 23.1 Å². The highest BCUT2D eigenvalue weighted by atomic mass is 15.0. The Kier molecular flexibility index (Phi) is 1.61. The molecule has 2 heterocycles. The maximum absolute atomic E-state index is 4.64. The molecule has 1 aromatic carbocycles. The molecule has 1 fully saturated rings. The zero-order chi connectivity index (χ0) is 9.54. The highest BCUT2D eigenvalue weighted by molar-refractivity contribution is 5.78. The number of H-pyrrole nitrogens is 1. The third-order valence-corrected chi connectivity index (χ3v) is 2.90. The predicted octanol–water partition coefficient (Wildman–Crippen LogP) is 1.56. The average Bonchev–Trinajstić information content (AvgIpc) is 2.46. The van der Waals surface area contributed by atoms with Gasteiger partial charge in [-0.25, -0.2) is 4.98 Å². The molecule has 1 saturated heterocycles. The molecule has 1 aliphatic heterocycles. The summed E-state index contributed by atoms with van der Waals surface area (Å²) in [6.07, 6.45) is 0. The SMILES string of the molecule is Cc1cccc2[nH]c(C3CNC3)nc12. The van der Waals surface area contributed by atoms with E-state index in [1.165, 1.54) is 5.56 Å². The molecule has 0 saturated carbocycles. The largest absolute Gasteiger partial charge is 0.342 e. The van der Waals surface area contributed by atoms with Crippen LogP contribution in [0.4, 0.5) is 0 Å². The van der Waals surface area contributed by atoms with Crippen molar-refractivity contribution in [2.45, 2.75) is 12.8 Å². The molecule has 0 radical (unpaired) electrons. The number of hydrogen-bond donors (Lipinski definition) is 2. The lowest BCUT2D eigenvalue weighted by atomic mass is 10.0. The van der Waals surface area contributed by atoms with Crippen LogP contribution < -0.4 is 5.32 Å². The summed E-state index contributed by atoms with van der Waals surface area (Å²) in [5.74, 6) is 1.72. The summed E-state index contributed by atoms with van der Waals surface area (Å²) in [5.41, 5.74) is 3.53. The lowest BCUT2D eigenvalue weighted by molar-refractivity contribution is 0.433. The van der Waals surface area contributed by atoms with E-state index >= 15 is 0 Å². The Bertz CT molecular complexity index is 468. The molecule has 0 aliphatic carbocycles. The minimum absolute atomic E-state index is 0.585. The molecule has 2 aromatic rings. The van der Waals surface area contributed by atoms with Gasteiger partial charge in [0.2, 0.25) is 0 Å². The molecule has 0 bridgehead atoms. The van der Waals surface area contributed by atoms with E-state index in [2.05, 4.69) is 40.4 Å². The molecule has 72 valence electrons. The third-order valence-electron chi connectivity index (χ3n) is 2.90. The first-order valence-corrected chi connectivity index (χ1v) is 5.00. The molecule has 0 unspecified atom stereocenters. The van der Waals surface area contributed by atoms with Gasteiger partial charge in [-0.1, -0.05) is 12.1 Å². The van der Waals surface area contributed by atoms with Crippen molar-refractivity contribution in [3.05, 3.63) is 29.6 Å². The summed E-state index contributed by atoms with van der Waals surface area (Å²) >= 11 is 0. The Morgan fingerprint density at radius 1 is 1.36 bits per heavy atom. The Hall–Kier alpha value is -1.35. The first kappa shape index (κ1) is 8.00. The number of benzene rings is 1. The van der Waals surface area contributed by atoms with Gasteiger partial charge in [-0.15, -0.1) is 0 Å². The number of hydrogen-bond acceptors (Lipinski definition) is 2. The number of nitrogens with one attached hydrogen (secondary N) is 2. The van der Waals surface area contributed by atoms with Crippen molar-refractivity contribution in [3.63, 3.8) is 0 Å². The molecule has 1 aliphatic rings. The fourth-order valence-electron chi connectivity index (χ4n) is 1.87. The van der Waals surface area contributed by atoms with E-state index in [1.807, 2.05) is 0 Å². The maximum atomic E-state index is 4.64. The smallest absolute Gasteiger partial charge is 0.112 e. The number of imidazole rings is 1. The van der Waals surface area contributed by atoms with Crippen LogP contribution in [0.2, 0.25) is 0 Å². The van der Waals surface area contributed by atoms with E-state index in [-0.39, 0.29) is 0 Å². The second-order valence-corrected chi connectivity index (χ2v) is 3.95. The number of para-hydroxylation sites is 1. The molecule has 0 amide bonds. The predicted molar refractivity (Wildman–Crippen MR) is 56.4 cm³/mol. The number of fused-ring (bicyclic) bond motifs is 1. The van der Waals surface area contributed by atoms with Gasteiger partial charge in [-0.2, -0.15) is 0 Å².